The average molecular weight is 397 g/mol. The third kappa shape index (κ3) is 3.73. The summed E-state index contributed by atoms with van der Waals surface area (Å²) in [5.41, 5.74) is -0.174. The van der Waals surface area contributed by atoms with E-state index in [-0.39, 0.29) is 29.0 Å². The fraction of sp³-hybridized carbons (Fsp3) is 0.875. The minimum atomic E-state index is -0.961. The van der Waals surface area contributed by atoms with E-state index in [0.29, 0.717) is 18.6 Å². The molecule has 130 valence electrons. The topological polar surface area (TPSA) is 62.2 Å². The SMILES string of the molecule is Br.COC1C(O)CCC(O)(CS)C1C1(C)OC1CC=C(C)C. The van der Waals surface area contributed by atoms with Gasteiger partial charge >= 0.3 is 0 Å². The van der Waals surface area contributed by atoms with Crippen molar-refractivity contribution in [2.75, 3.05) is 12.9 Å². The molecule has 6 atom stereocenters. The number of hydrogen-bond acceptors (Lipinski definition) is 5. The summed E-state index contributed by atoms with van der Waals surface area (Å²) >= 11 is 4.34. The summed E-state index contributed by atoms with van der Waals surface area (Å²) in [5, 5.41) is 21.2. The number of epoxide rings is 1. The molecular formula is C16H29BrO4S. The second kappa shape index (κ2) is 7.53. The van der Waals surface area contributed by atoms with E-state index in [4.69, 9.17) is 9.47 Å². The van der Waals surface area contributed by atoms with Gasteiger partial charge in [-0.2, -0.15) is 12.6 Å². The quantitative estimate of drug-likeness (QED) is 0.379. The summed E-state index contributed by atoms with van der Waals surface area (Å²) in [6.07, 6.45) is 3.10. The number of rotatable bonds is 5. The number of allylic oxidation sites excluding steroid dienone is 1. The van der Waals surface area contributed by atoms with Crippen molar-refractivity contribution in [1.29, 1.82) is 0 Å². The molecule has 1 saturated carbocycles. The summed E-state index contributed by atoms with van der Waals surface area (Å²) < 4.78 is 11.5. The van der Waals surface area contributed by atoms with Gasteiger partial charge in [0.1, 0.15) is 5.60 Å². The number of aliphatic hydroxyl groups is 2. The zero-order valence-electron chi connectivity index (χ0n) is 13.8. The standard InChI is InChI=1S/C16H28O4S.BrH/c1-10(2)5-6-12-15(3,20-12)14-13(19-4)11(17)7-8-16(14,18)9-21;/h5,11-14,17-18,21H,6-9H2,1-4H3;1H. The molecule has 2 rings (SSSR count). The van der Waals surface area contributed by atoms with Crippen LogP contribution in [-0.4, -0.2) is 52.6 Å². The first kappa shape index (κ1) is 20.5. The van der Waals surface area contributed by atoms with Crippen LogP contribution < -0.4 is 0 Å². The zero-order valence-corrected chi connectivity index (χ0v) is 16.4. The number of hydrogen-bond donors (Lipinski definition) is 3. The van der Waals surface area contributed by atoms with Gasteiger partial charge in [0.15, 0.2) is 0 Å². The molecule has 2 fully saturated rings. The normalized spacial score (nSPS) is 44.1. The van der Waals surface area contributed by atoms with Crippen LogP contribution in [0.2, 0.25) is 0 Å². The van der Waals surface area contributed by atoms with Crippen molar-refractivity contribution >= 4 is 29.6 Å². The fourth-order valence-corrected chi connectivity index (χ4v) is 4.10. The van der Waals surface area contributed by atoms with Gasteiger partial charge < -0.3 is 19.7 Å². The Morgan fingerprint density at radius 3 is 2.59 bits per heavy atom. The molecule has 6 heteroatoms. The molecule has 1 aliphatic heterocycles. The second-order valence-electron chi connectivity index (χ2n) is 6.85. The van der Waals surface area contributed by atoms with Crippen LogP contribution in [0, 0.1) is 5.92 Å². The predicted molar refractivity (Wildman–Crippen MR) is 96.0 cm³/mol. The maximum absolute atomic E-state index is 11.0. The Morgan fingerprint density at radius 2 is 2.09 bits per heavy atom. The molecule has 4 nitrogen and oxygen atoms in total. The first-order valence-corrected chi connectivity index (χ1v) is 8.27. The zero-order chi connectivity index (χ0) is 15.8. The van der Waals surface area contributed by atoms with Crippen molar-refractivity contribution in [2.24, 2.45) is 5.92 Å². The van der Waals surface area contributed by atoms with Gasteiger partial charge in [-0.15, -0.1) is 17.0 Å². The Morgan fingerprint density at radius 1 is 1.45 bits per heavy atom. The molecule has 22 heavy (non-hydrogen) atoms. The first-order valence-electron chi connectivity index (χ1n) is 7.64. The summed E-state index contributed by atoms with van der Waals surface area (Å²) in [4.78, 5) is 0. The molecule has 2 aliphatic rings. The van der Waals surface area contributed by atoms with E-state index in [2.05, 4.69) is 32.6 Å². The Balaban J connectivity index is 0.00000242. The number of thiol groups is 1. The highest BCUT2D eigenvalue weighted by Gasteiger charge is 2.66. The highest BCUT2D eigenvalue weighted by molar-refractivity contribution is 8.93. The maximum atomic E-state index is 11.0. The van der Waals surface area contributed by atoms with Crippen molar-refractivity contribution in [3.8, 4) is 0 Å². The predicted octanol–water partition coefficient (Wildman–Crippen LogP) is 2.52. The number of aliphatic hydroxyl groups excluding tert-OH is 1. The highest BCUT2D eigenvalue weighted by atomic mass is 79.9. The third-order valence-electron chi connectivity index (χ3n) is 5.04. The molecule has 1 saturated heterocycles. The van der Waals surface area contributed by atoms with Gasteiger partial charge in [-0.05, 0) is 40.0 Å². The fourth-order valence-electron chi connectivity index (χ4n) is 3.75. The molecule has 2 N–H and O–H groups in total. The minimum absolute atomic E-state index is 0. The van der Waals surface area contributed by atoms with E-state index >= 15 is 0 Å². The van der Waals surface area contributed by atoms with Crippen LogP contribution in [-0.2, 0) is 9.47 Å². The Hall–Kier alpha value is 0.410. The van der Waals surface area contributed by atoms with E-state index < -0.39 is 23.4 Å². The highest BCUT2D eigenvalue weighted by Crippen LogP contribution is 2.54. The van der Waals surface area contributed by atoms with Crippen LogP contribution in [0.3, 0.4) is 0 Å². The van der Waals surface area contributed by atoms with Crippen molar-refractivity contribution in [3.05, 3.63) is 11.6 Å². The molecule has 6 unspecified atom stereocenters. The van der Waals surface area contributed by atoms with Crippen LogP contribution in [0.5, 0.6) is 0 Å². The van der Waals surface area contributed by atoms with Crippen molar-refractivity contribution in [1.82, 2.24) is 0 Å². The van der Waals surface area contributed by atoms with Gasteiger partial charge in [0.25, 0.3) is 0 Å². The molecule has 0 bridgehead atoms. The summed E-state index contributed by atoms with van der Waals surface area (Å²) in [7, 11) is 1.59. The van der Waals surface area contributed by atoms with Crippen LogP contribution in [0.25, 0.3) is 0 Å². The number of ether oxygens (including phenoxy) is 2. The van der Waals surface area contributed by atoms with Gasteiger partial charge in [-0.3, -0.25) is 0 Å². The monoisotopic (exact) mass is 396 g/mol. The molecule has 0 aromatic heterocycles. The van der Waals surface area contributed by atoms with Gasteiger partial charge in [-0.25, -0.2) is 0 Å². The van der Waals surface area contributed by atoms with Crippen molar-refractivity contribution in [3.63, 3.8) is 0 Å². The van der Waals surface area contributed by atoms with Gasteiger partial charge in [0.05, 0.1) is 23.9 Å². The number of methoxy groups -OCH3 is 1. The van der Waals surface area contributed by atoms with Gasteiger partial charge in [0, 0.05) is 18.8 Å². The van der Waals surface area contributed by atoms with E-state index in [1.807, 2.05) is 6.92 Å². The molecule has 1 heterocycles. The van der Waals surface area contributed by atoms with Crippen LogP contribution in [0.15, 0.2) is 11.6 Å². The molecule has 0 aromatic rings. The summed E-state index contributed by atoms with van der Waals surface area (Å²) in [6, 6.07) is 0. The second-order valence-corrected chi connectivity index (χ2v) is 7.17. The van der Waals surface area contributed by atoms with E-state index in [1.165, 1.54) is 5.57 Å². The maximum Gasteiger partial charge on any atom is 0.100 e. The lowest BCUT2D eigenvalue weighted by molar-refractivity contribution is -0.169. The molecular weight excluding hydrogens is 368 g/mol. The van der Waals surface area contributed by atoms with Crippen LogP contribution in [0.1, 0.15) is 40.0 Å². The molecule has 0 amide bonds. The van der Waals surface area contributed by atoms with Crippen LogP contribution >= 0.6 is 29.6 Å². The third-order valence-corrected chi connectivity index (χ3v) is 5.59. The summed E-state index contributed by atoms with van der Waals surface area (Å²) in [6.45, 7) is 6.14. The van der Waals surface area contributed by atoms with E-state index in [9.17, 15) is 10.2 Å². The molecule has 0 aromatic carbocycles. The molecule has 0 spiro atoms. The molecule has 0 radical (unpaired) electrons. The lowest BCUT2D eigenvalue weighted by atomic mass is 9.66. The largest absolute Gasteiger partial charge is 0.390 e. The minimum Gasteiger partial charge on any atom is -0.390 e. The van der Waals surface area contributed by atoms with Gasteiger partial charge in [-0.1, -0.05) is 11.6 Å². The summed E-state index contributed by atoms with van der Waals surface area (Å²) in [5.74, 6) is 0.0743. The Bertz CT molecular complexity index is 415. The Kier molecular flexibility index (Phi) is 7.00. The lowest BCUT2D eigenvalue weighted by Gasteiger charge is -2.47. The molecule has 1 aliphatic carbocycles. The van der Waals surface area contributed by atoms with Crippen molar-refractivity contribution in [2.45, 2.75) is 69.5 Å². The van der Waals surface area contributed by atoms with E-state index in [0.717, 1.165) is 6.42 Å². The lowest BCUT2D eigenvalue weighted by Crippen LogP contribution is -2.60. The number of halogens is 1. The smallest absolute Gasteiger partial charge is 0.100 e. The first-order chi connectivity index (χ1) is 9.78. The average Bonchev–Trinajstić information content (AvgIpc) is 3.10. The van der Waals surface area contributed by atoms with Crippen LogP contribution in [0.4, 0.5) is 0 Å². The Labute approximate surface area is 149 Å². The van der Waals surface area contributed by atoms with Crippen molar-refractivity contribution < 1.29 is 19.7 Å². The van der Waals surface area contributed by atoms with Gasteiger partial charge in [0.2, 0.25) is 0 Å². The van der Waals surface area contributed by atoms with E-state index in [1.54, 1.807) is 7.11 Å².